The van der Waals surface area contributed by atoms with Crippen LogP contribution in [0.3, 0.4) is 0 Å². The SMILES string of the molecule is CC12CCCOC(Cc3ccccc3)(C1)OC2. The second-order valence-electron chi connectivity index (χ2n) is 5.80. The minimum atomic E-state index is -0.355. The average Bonchev–Trinajstić information content (AvgIpc) is 2.54. The number of benzene rings is 1. The Balaban J connectivity index is 1.81. The zero-order valence-corrected chi connectivity index (χ0v) is 10.4. The van der Waals surface area contributed by atoms with E-state index < -0.39 is 0 Å². The Labute approximate surface area is 103 Å². The summed E-state index contributed by atoms with van der Waals surface area (Å²) in [6.45, 7) is 4.01. The van der Waals surface area contributed by atoms with Gasteiger partial charge in [0.05, 0.1) is 13.2 Å². The van der Waals surface area contributed by atoms with Crippen molar-refractivity contribution in [1.82, 2.24) is 0 Å². The van der Waals surface area contributed by atoms with Crippen LogP contribution < -0.4 is 0 Å². The molecule has 2 nitrogen and oxygen atoms in total. The van der Waals surface area contributed by atoms with Crippen molar-refractivity contribution in [3.63, 3.8) is 0 Å². The van der Waals surface area contributed by atoms with E-state index in [9.17, 15) is 0 Å². The number of ether oxygens (including phenoxy) is 2. The van der Waals surface area contributed by atoms with Crippen molar-refractivity contribution < 1.29 is 9.47 Å². The quantitative estimate of drug-likeness (QED) is 0.779. The van der Waals surface area contributed by atoms with E-state index in [0.717, 1.165) is 32.5 Å². The fourth-order valence-corrected chi connectivity index (χ4v) is 3.14. The van der Waals surface area contributed by atoms with Crippen LogP contribution in [0.5, 0.6) is 0 Å². The van der Waals surface area contributed by atoms with Crippen LogP contribution in [0.1, 0.15) is 31.7 Å². The lowest BCUT2D eigenvalue weighted by Crippen LogP contribution is -2.34. The first-order valence-electron chi connectivity index (χ1n) is 6.52. The maximum absolute atomic E-state index is 6.03. The van der Waals surface area contributed by atoms with Crippen molar-refractivity contribution in [2.24, 2.45) is 5.41 Å². The topological polar surface area (TPSA) is 18.5 Å². The molecule has 92 valence electrons. The van der Waals surface area contributed by atoms with E-state index in [0.29, 0.717) is 5.41 Å². The van der Waals surface area contributed by atoms with Gasteiger partial charge in [0, 0.05) is 12.8 Å². The van der Waals surface area contributed by atoms with E-state index in [1.807, 2.05) is 0 Å². The lowest BCUT2D eigenvalue weighted by Gasteiger charge is -2.28. The first-order chi connectivity index (χ1) is 8.20. The molecule has 0 aromatic heterocycles. The van der Waals surface area contributed by atoms with Crippen molar-refractivity contribution in [3.05, 3.63) is 35.9 Å². The van der Waals surface area contributed by atoms with Crippen LogP contribution >= 0.6 is 0 Å². The molecule has 2 unspecified atom stereocenters. The lowest BCUT2D eigenvalue weighted by molar-refractivity contribution is -0.209. The molecule has 2 bridgehead atoms. The van der Waals surface area contributed by atoms with Crippen LogP contribution in [-0.2, 0) is 15.9 Å². The summed E-state index contributed by atoms with van der Waals surface area (Å²) in [6.07, 6.45) is 4.30. The van der Waals surface area contributed by atoms with Crippen LogP contribution in [0, 0.1) is 5.41 Å². The molecule has 2 aliphatic heterocycles. The lowest BCUT2D eigenvalue weighted by atomic mass is 9.82. The molecule has 3 rings (SSSR count). The highest BCUT2D eigenvalue weighted by atomic mass is 16.7. The zero-order chi connectivity index (χ0) is 11.8. The molecule has 2 fully saturated rings. The van der Waals surface area contributed by atoms with E-state index in [4.69, 9.17) is 9.47 Å². The molecule has 2 atom stereocenters. The highest BCUT2D eigenvalue weighted by molar-refractivity contribution is 5.17. The second-order valence-corrected chi connectivity index (χ2v) is 5.80. The Morgan fingerprint density at radius 2 is 2.00 bits per heavy atom. The molecule has 2 heterocycles. The summed E-state index contributed by atoms with van der Waals surface area (Å²) in [5, 5.41) is 0. The molecule has 2 saturated heterocycles. The molecule has 0 aliphatic carbocycles. The molecule has 1 aromatic carbocycles. The maximum Gasteiger partial charge on any atom is 0.172 e. The first kappa shape index (κ1) is 11.2. The molecule has 2 aliphatic rings. The highest BCUT2D eigenvalue weighted by Crippen LogP contribution is 2.46. The Kier molecular flexibility index (Phi) is 2.72. The minimum Gasteiger partial charge on any atom is -0.350 e. The second kappa shape index (κ2) is 4.11. The van der Waals surface area contributed by atoms with Crippen molar-refractivity contribution in [1.29, 1.82) is 0 Å². The van der Waals surface area contributed by atoms with Crippen LogP contribution in [0.15, 0.2) is 30.3 Å². The summed E-state index contributed by atoms with van der Waals surface area (Å²) in [6, 6.07) is 10.5. The van der Waals surface area contributed by atoms with Crippen molar-refractivity contribution in [2.45, 2.75) is 38.4 Å². The normalized spacial score (nSPS) is 36.8. The van der Waals surface area contributed by atoms with Gasteiger partial charge in [-0.05, 0) is 23.8 Å². The third-order valence-corrected chi connectivity index (χ3v) is 3.99. The van der Waals surface area contributed by atoms with Gasteiger partial charge < -0.3 is 9.47 Å². The third kappa shape index (κ3) is 2.24. The van der Waals surface area contributed by atoms with Crippen LogP contribution in [-0.4, -0.2) is 19.0 Å². The molecule has 0 N–H and O–H groups in total. The van der Waals surface area contributed by atoms with Gasteiger partial charge in [0.15, 0.2) is 5.79 Å². The Morgan fingerprint density at radius 1 is 1.18 bits per heavy atom. The van der Waals surface area contributed by atoms with Crippen LogP contribution in [0.2, 0.25) is 0 Å². The molecule has 0 amide bonds. The van der Waals surface area contributed by atoms with Crippen molar-refractivity contribution in [2.75, 3.05) is 13.2 Å². The predicted octanol–water partition coefficient (Wildman–Crippen LogP) is 3.16. The molecule has 0 saturated carbocycles. The van der Waals surface area contributed by atoms with Gasteiger partial charge >= 0.3 is 0 Å². The van der Waals surface area contributed by atoms with Gasteiger partial charge in [-0.25, -0.2) is 0 Å². The summed E-state index contributed by atoms with van der Waals surface area (Å²) < 4.78 is 12.1. The van der Waals surface area contributed by atoms with Gasteiger partial charge in [-0.1, -0.05) is 37.3 Å². The highest BCUT2D eigenvalue weighted by Gasteiger charge is 2.49. The maximum atomic E-state index is 6.03. The minimum absolute atomic E-state index is 0.325. The average molecular weight is 232 g/mol. The van der Waals surface area contributed by atoms with Crippen molar-refractivity contribution in [3.8, 4) is 0 Å². The largest absolute Gasteiger partial charge is 0.350 e. The molecule has 1 aromatic rings. The summed E-state index contributed by atoms with van der Waals surface area (Å²) in [7, 11) is 0. The molecule has 0 spiro atoms. The van der Waals surface area contributed by atoms with Crippen molar-refractivity contribution >= 4 is 0 Å². The summed E-state index contributed by atoms with van der Waals surface area (Å²) >= 11 is 0. The molecular weight excluding hydrogens is 212 g/mol. The first-order valence-corrected chi connectivity index (χ1v) is 6.52. The summed E-state index contributed by atoms with van der Waals surface area (Å²) in [5.74, 6) is -0.355. The van der Waals surface area contributed by atoms with Crippen LogP contribution in [0.25, 0.3) is 0 Å². The number of hydrogen-bond donors (Lipinski definition) is 0. The number of fused-ring (bicyclic) bond motifs is 2. The van der Waals surface area contributed by atoms with E-state index >= 15 is 0 Å². The Hall–Kier alpha value is -0.860. The van der Waals surface area contributed by atoms with Gasteiger partial charge in [-0.3, -0.25) is 0 Å². The zero-order valence-electron chi connectivity index (χ0n) is 10.4. The predicted molar refractivity (Wildman–Crippen MR) is 66.7 cm³/mol. The summed E-state index contributed by atoms with van der Waals surface area (Å²) in [5.41, 5.74) is 1.63. The number of rotatable bonds is 2. The monoisotopic (exact) mass is 232 g/mol. The van der Waals surface area contributed by atoms with Gasteiger partial charge in [0.1, 0.15) is 0 Å². The standard InChI is InChI=1S/C15H20O2/c1-14-8-5-9-16-15(11-14,17-12-14)10-13-6-3-2-4-7-13/h2-4,6-7H,5,8-12H2,1H3. The molecule has 2 heteroatoms. The number of hydrogen-bond acceptors (Lipinski definition) is 2. The Morgan fingerprint density at radius 3 is 2.82 bits per heavy atom. The smallest absolute Gasteiger partial charge is 0.172 e. The van der Waals surface area contributed by atoms with Gasteiger partial charge in [-0.2, -0.15) is 0 Å². The fourth-order valence-electron chi connectivity index (χ4n) is 3.14. The van der Waals surface area contributed by atoms with Crippen LogP contribution in [0.4, 0.5) is 0 Å². The van der Waals surface area contributed by atoms with Gasteiger partial charge in [0.2, 0.25) is 0 Å². The molecule has 0 radical (unpaired) electrons. The van der Waals surface area contributed by atoms with E-state index in [1.165, 1.54) is 12.0 Å². The van der Waals surface area contributed by atoms with Gasteiger partial charge in [-0.15, -0.1) is 0 Å². The van der Waals surface area contributed by atoms with Gasteiger partial charge in [0.25, 0.3) is 0 Å². The fraction of sp³-hybridized carbons (Fsp3) is 0.600. The Bertz CT molecular complexity index is 385. The van der Waals surface area contributed by atoms with E-state index in [1.54, 1.807) is 0 Å². The van der Waals surface area contributed by atoms with E-state index in [2.05, 4.69) is 37.3 Å². The van der Waals surface area contributed by atoms with E-state index in [-0.39, 0.29) is 5.79 Å². The third-order valence-electron chi connectivity index (χ3n) is 3.99. The summed E-state index contributed by atoms with van der Waals surface area (Å²) in [4.78, 5) is 0. The molecular formula is C15H20O2. The molecule has 17 heavy (non-hydrogen) atoms.